The zero-order valence-electron chi connectivity index (χ0n) is 9.41. The molecule has 88 valence electrons. The van der Waals surface area contributed by atoms with Crippen molar-refractivity contribution in [3.05, 3.63) is 17.3 Å². The minimum Gasteiger partial charge on any atom is -0.396 e. The van der Waals surface area contributed by atoms with Crippen molar-refractivity contribution in [2.75, 3.05) is 37.7 Å². The molecule has 2 heterocycles. The Balaban J connectivity index is 1.89. The summed E-state index contributed by atoms with van der Waals surface area (Å²) in [6.07, 6.45) is 2.85. The van der Waals surface area contributed by atoms with Gasteiger partial charge in [0.1, 0.15) is 5.82 Å². The molecule has 0 aromatic carbocycles. The van der Waals surface area contributed by atoms with E-state index in [-0.39, 0.29) is 0 Å². The van der Waals surface area contributed by atoms with Crippen LogP contribution in [0.15, 0.2) is 12.3 Å². The normalized spacial score (nSPS) is 21.2. The van der Waals surface area contributed by atoms with Gasteiger partial charge in [0, 0.05) is 19.3 Å². The summed E-state index contributed by atoms with van der Waals surface area (Å²) in [5.74, 6) is 1.42. The summed E-state index contributed by atoms with van der Waals surface area (Å²) in [5.41, 5.74) is 6.42. The van der Waals surface area contributed by atoms with Gasteiger partial charge in [-0.25, -0.2) is 4.98 Å². The van der Waals surface area contributed by atoms with Crippen LogP contribution in [0, 0.1) is 5.92 Å². The molecule has 0 amide bonds. The van der Waals surface area contributed by atoms with Crippen LogP contribution in [0.1, 0.15) is 6.42 Å². The first-order chi connectivity index (χ1) is 7.65. The second-order valence-corrected chi connectivity index (χ2v) is 4.83. The number of nitrogens with two attached hydrogens (primary N) is 1. The predicted octanol–water partition coefficient (Wildman–Crippen LogP) is 1.68. The van der Waals surface area contributed by atoms with Gasteiger partial charge in [-0.1, -0.05) is 11.6 Å². The Kier molecular flexibility index (Phi) is 3.51. The Morgan fingerprint density at radius 1 is 1.69 bits per heavy atom. The molecule has 1 saturated heterocycles. The first-order valence-electron chi connectivity index (χ1n) is 5.48. The van der Waals surface area contributed by atoms with Crippen LogP contribution in [0.4, 0.5) is 11.5 Å². The van der Waals surface area contributed by atoms with Crippen LogP contribution in [0.5, 0.6) is 0 Å². The number of pyridine rings is 1. The predicted molar refractivity (Wildman–Crippen MR) is 67.8 cm³/mol. The maximum absolute atomic E-state index is 5.81. The van der Waals surface area contributed by atoms with Crippen molar-refractivity contribution in [2.24, 2.45) is 5.92 Å². The lowest BCUT2D eigenvalue weighted by Gasteiger charge is -2.13. The van der Waals surface area contributed by atoms with Gasteiger partial charge in [0.05, 0.1) is 10.7 Å². The fraction of sp³-hybridized carbons (Fsp3) is 0.545. The molecule has 0 aliphatic carbocycles. The van der Waals surface area contributed by atoms with Gasteiger partial charge in [0.25, 0.3) is 0 Å². The summed E-state index contributed by atoms with van der Waals surface area (Å²) >= 11 is 5.79. The third-order valence-corrected chi connectivity index (χ3v) is 3.14. The smallest absolute Gasteiger partial charge is 0.149 e. The highest BCUT2D eigenvalue weighted by Gasteiger charge is 2.19. The number of rotatable bonds is 3. The number of hydrogen-bond acceptors (Lipinski definition) is 4. The SMILES string of the molecule is CN1CCC(CNc2ncc(Cl)cc2N)C1. The fourth-order valence-corrected chi connectivity index (χ4v) is 2.20. The van der Waals surface area contributed by atoms with Gasteiger partial charge in [-0.05, 0) is 32.0 Å². The van der Waals surface area contributed by atoms with Crippen LogP contribution < -0.4 is 11.1 Å². The molecule has 1 aromatic rings. The van der Waals surface area contributed by atoms with Crippen LogP contribution in [-0.2, 0) is 0 Å². The largest absolute Gasteiger partial charge is 0.396 e. The number of anilines is 2. The molecule has 1 aliphatic rings. The molecule has 1 fully saturated rings. The number of nitrogens with zero attached hydrogens (tertiary/aromatic N) is 2. The lowest BCUT2D eigenvalue weighted by Crippen LogP contribution is -2.19. The maximum atomic E-state index is 5.81. The van der Waals surface area contributed by atoms with E-state index in [1.54, 1.807) is 12.3 Å². The highest BCUT2D eigenvalue weighted by atomic mass is 35.5. The summed E-state index contributed by atoms with van der Waals surface area (Å²) in [7, 11) is 2.15. The average molecular weight is 241 g/mol. The minimum atomic E-state index is 0.573. The van der Waals surface area contributed by atoms with E-state index in [1.165, 1.54) is 13.0 Å². The average Bonchev–Trinajstić information content (AvgIpc) is 2.63. The molecule has 0 bridgehead atoms. The Labute approximate surface area is 101 Å². The molecule has 5 heteroatoms. The van der Waals surface area contributed by atoms with Gasteiger partial charge in [0.2, 0.25) is 0 Å². The minimum absolute atomic E-state index is 0.573. The van der Waals surface area contributed by atoms with Crippen molar-refractivity contribution in [3.8, 4) is 0 Å². The van der Waals surface area contributed by atoms with Crippen molar-refractivity contribution < 1.29 is 0 Å². The van der Waals surface area contributed by atoms with Crippen LogP contribution >= 0.6 is 11.6 Å². The van der Waals surface area contributed by atoms with E-state index in [0.717, 1.165) is 18.9 Å². The molecule has 16 heavy (non-hydrogen) atoms. The molecule has 1 aliphatic heterocycles. The molecule has 1 atom stereocenters. The second kappa shape index (κ2) is 4.89. The fourth-order valence-electron chi connectivity index (χ4n) is 2.04. The van der Waals surface area contributed by atoms with E-state index in [0.29, 0.717) is 16.6 Å². The highest BCUT2D eigenvalue weighted by molar-refractivity contribution is 6.30. The van der Waals surface area contributed by atoms with Crippen molar-refractivity contribution in [2.45, 2.75) is 6.42 Å². The van der Waals surface area contributed by atoms with Gasteiger partial charge in [-0.3, -0.25) is 0 Å². The van der Waals surface area contributed by atoms with Crippen molar-refractivity contribution >= 4 is 23.1 Å². The second-order valence-electron chi connectivity index (χ2n) is 4.39. The third-order valence-electron chi connectivity index (χ3n) is 2.93. The Morgan fingerprint density at radius 2 is 2.50 bits per heavy atom. The maximum Gasteiger partial charge on any atom is 0.149 e. The molecule has 0 spiro atoms. The van der Waals surface area contributed by atoms with E-state index < -0.39 is 0 Å². The molecule has 0 radical (unpaired) electrons. The molecular formula is C11H17ClN4. The highest BCUT2D eigenvalue weighted by Crippen LogP contribution is 2.21. The monoisotopic (exact) mass is 240 g/mol. The van der Waals surface area contributed by atoms with E-state index in [4.69, 9.17) is 17.3 Å². The van der Waals surface area contributed by atoms with Crippen molar-refractivity contribution in [1.29, 1.82) is 0 Å². The van der Waals surface area contributed by atoms with E-state index in [9.17, 15) is 0 Å². The third kappa shape index (κ3) is 2.77. The molecular weight excluding hydrogens is 224 g/mol. The van der Waals surface area contributed by atoms with Gasteiger partial charge < -0.3 is 16.0 Å². The summed E-state index contributed by atoms with van der Waals surface area (Å²) in [6.45, 7) is 3.24. The molecule has 2 rings (SSSR count). The first-order valence-corrected chi connectivity index (χ1v) is 5.86. The van der Waals surface area contributed by atoms with Gasteiger partial charge in [-0.2, -0.15) is 0 Å². The summed E-state index contributed by atoms with van der Waals surface area (Å²) < 4.78 is 0. The van der Waals surface area contributed by atoms with Crippen LogP contribution in [0.25, 0.3) is 0 Å². The number of nitrogen functional groups attached to an aromatic ring is 1. The first kappa shape index (κ1) is 11.5. The Hall–Kier alpha value is -1.00. The number of aromatic nitrogens is 1. The van der Waals surface area contributed by atoms with E-state index >= 15 is 0 Å². The summed E-state index contributed by atoms with van der Waals surface area (Å²) in [6, 6.07) is 1.72. The Morgan fingerprint density at radius 3 is 3.12 bits per heavy atom. The number of likely N-dealkylation sites (tertiary alicyclic amines) is 1. The van der Waals surface area contributed by atoms with E-state index in [1.807, 2.05) is 0 Å². The topological polar surface area (TPSA) is 54.2 Å². The summed E-state index contributed by atoms with van der Waals surface area (Å²) in [5, 5.41) is 3.85. The zero-order chi connectivity index (χ0) is 11.5. The van der Waals surface area contributed by atoms with Crippen LogP contribution in [-0.4, -0.2) is 36.6 Å². The van der Waals surface area contributed by atoms with Crippen LogP contribution in [0.3, 0.4) is 0 Å². The number of hydrogen-bond donors (Lipinski definition) is 2. The lowest BCUT2D eigenvalue weighted by atomic mass is 10.1. The standard InChI is InChI=1S/C11H17ClN4/c1-16-3-2-8(7-16)5-14-11-10(13)4-9(12)6-15-11/h4,6,8H,2-3,5,7,13H2,1H3,(H,14,15). The zero-order valence-corrected chi connectivity index (χ0v) is 10.2. The van der Waals surface area contributed by atoms with Crippen molar-refractivity contribution in [3.63, 3.8) is 0 Å². The molecule has 4 nitrogen and oxygen atoms in total. The number of nitrogens with one attached hydrogen (secondary N) is 1. The molecule has 0 saturated carbocycles. The quantitative estimate of drug-likeness (QED) is 0.844. The van der Waals surface area contributed by atoms with E-state index in [2.05, 4.69) is 22.2 Å². The molecule has 3 N–H and O–H groups in total. The van der Waals surface area contributed by atoms with Gasteiger partial charge in [0.15, 0.2) is 0 Å². The van der Waals surface area contributed by atoms with Gasteiger partial charge in [-0.15, -0.1) is 0 Å². The van der Waals surface area contributed by atoms with Crippen molar-refractivity contribution in [1.82, 2.24) is 9.88 Å². The van der Waals surface area contributed by atoms with Crippen LogP contribution in [0.2, 0.25) is 5.02 Å². The summed E-state index contributed by atoms with van der Waals surface area (Å²) in [4.78, 5) is 6.51. The number of halogens is 1. The molecule has 1 unspecified atom stereocenters. The molecule has 1 aromatic heterocycles. The Bertz CT molecular complexity index is 369. The lowest BCUT2D eigenvalue weighted by molar-refractivity contribution is 0.399. The van der Waals surface area contributed by atoms with Gasteiger partial charge >= 0.3 is 0 Å².